The predicted molar refractivity (Wildman–Crippen MR) is 134 cm³/mol. The van der Waals surface area contributed by atoms with Crippen molar-refractivity contribution < 1.29 is 23.7 Å². The van der Waals surface area contributed by atoms with Gasteiger partial charge in [0.15, 0.2) is 0 Å². The van der Waals surface area contributed by atoms with E-state index in [1.54, 1.807) is 0 Å². The van der Waals surface area contributed by atoms with Gasteiger partial charge in [-0.05, 0) is 17.5 Å². The summed E-state index contributed by atoms with van der Waals surface area (Å²) in [7, 11) is 0. The van der Waals surface area contributed by atoms with Gasteiger partial charge in [-0.1, -0.05) is 99.0 Å². The molecular formula is C29H38O5. The van der Waals surface area contributed by atoms with Gasteiger partial charge < -0.3 is 18.9 Å². The summed E-state index contributed by atoms with van der Waals surface area (Å²) in [6, 6.07) is 20.2. The number of esters is 1. The highest BCUT2D eigenvalue weighted by Gasteiger charge is 2.30. The molecule has 1 aliphatic heterocycles. The lowest BCUT2D eigenvalue weighted by Gasteiger charge is -2.33. The van der Waals surface area contributed by atoms with E-state index in [-0.39, 0.29) is 37.5 Å². The molecule has 3 rings (SSSR count). The van der Waals surface area contributed by atoms with Crippen molar-refractivity contribution in [2.24, 2.45) is 0 Å². The Morgan fingerprint density at radius 1 is 1.00 bits per heavy atom. The molecule has 1 saturated heterocycles. The minimum Gasteiger partial charge on any atom is -0.466 e. The molecule has 0 aromatic heterocycles. The third kappa shape index (κ3) is 10.2. The van der Waals surface area contributed by atoms with E-state index < -0.39 is 0 Å². The fourth-order valence-corrected chi connectivity index (χ4v) is 4.02. The first-order valence-corrected chi connectivity index (χ1v) is 12.5. The van der Waals surface area contributed by atoms with Gasteiger partial charge in [-0.25, -0.2) is 0 Å². The molecule has 2 aromatic carbocycles. The van der Waals surface area contributed by atoms with Gasteiger partial charge >= 0.3 is 5.97 Å². The van der Waals surface area contributed by atoms with E-state index in [2.05, 4.69) is 31.2 Å². The van der Waals surface area contributed by atoms with E-state index in [1.807, 2.05) is 48.5 Å². The molecule has 34 heavy (non-hydrogen) atoms. The van der Waals surface area contributed by atoms with Crippen LogP contribution in [0.5, 0.6) is 0 Å². The molecule has 184 valence electrons. The van der Waals surface area contributed by atoms with Crippen molar-refractivity contribution in [2.45, 2.75) is 76.8 Å². The molecule has 0 spiro atoms. The Morgan fingerprint density at radius 2 is 1.76 bits per heavy atom. The third-order valence-electron chi connectivity index (χ3n) is 5.85. The fourth-order valence-electron chi connectivity index (χ4n) is 4.02. The minimum absolute atomic E-state index is 0.0442. The van der Waals surface area contributed by atoms with Crippen molar-refractivity contribution in [3.8, 4) is 0 Å². The van der Waals surface area contributed by atoms with E-state index in [9.17, 15) is 4.79 Å². The number of carbonyl (C=O) groups excluding carboxylic acids is 1. The van der Waals surface area contributed by atoms with E-state index in [0.29, 0.717) is 19.6 Å². The van der Waals surface area contributed by atoms with Gasteiger partial charge in [-0.3, -0.25) is 4.79 Å². The molecule has 3 atom stereocenters. The number of rotatable bonds is 14. The number of hydrogen-bond donors (Lipinski definition) is 0. The van der Waals surface area contributed by atoms with E-state index in [1.165, 1.54) is 6.42 Å². The first kappa shape index (κ1) is 26.1. The summed E-state index contributed by atoms with van der Waals surface area (Å²) in [5, 5.41) is 0. The fraction of sp³-hybridized carbons (Fsp3) is 0.483. The van der Waals surface area contributed by atoms with Crippen molar-refractivity contribution in [2.75, 3.05) is 13.4 Å². The number of ether oxygens (including phenoxy) is 4. The molecule has 5 nitrogen and oxygen atoms in total. The average molecular weight is 467 g/mol. The highest BCUT2D eigenvalue weighted by Crippen LogP contribution is 2.26. The van der Waals surface area contributed by atoms with Gasteiger partial charge in [0.25, 0.3) is 0 Å². The zero-order valence-corrected chi connectivity index (χ0v) is 20.3. The molecule has 5 heteroatoms. The lowest BCUT2D eigenvalue weighted by Crippen LogP contribution is -2.38. The molecule has 0 radical (unpaired) electrons. The maximum Gasteiger partial charge on any atom is 0.308 e. The van der Waals surface area contributed by atoms with Crippen LogP contribution in [0, 0.1) is 0 Å². The van der Waals surface area contributed by atoms with Crippen LogP contribution in [0.15, 0.2) is 66.7 Å². The summed E-state index contributed by atoms with van der Waals surface area (Å²) in [4.78, 5) is 12.4. The zero-order chi connectivity index (χ0) is 23.8. The molecule has 1 heterocycles. The molecule has 0 amide bonds. The molecule has 1 aliphatic rings. The van der Waals surface area contributed by atoms with Crippen molar-refractivity contribution in [3.63, 3.8) is 0 Å². The standard InChI is InChI=1S/C29H38O5/c1-2-3-4-11-18-32-29(30)21-28-20-27(33-23-31-22-25-14-9-6-10-15-25)19-26(34-28)17-16-24-12-7-5-8-13-24/h5-10,12-17,26-28H,2-4,11,18-23H2,1H3/b17-16+/t26-,27+,28-/m1/s1. The SMILES string of the molecule is CCCCCCOC(=O)C[C@H]1C[C@@H](OCOCc2ccccc2)C[C@@H](/C=C/c2ccccc2)O1. The first-order chi connectivity index (χ1) is 16.7. The normalized spacial score (nSPS) is 20.4. The largest absolute Gasteiger partial charge is 0.466 e. The number of benzene rings is 2. The molecule has 0 bridgehead atoms. The van der Waals surface area contributed by atoms with Crippen LogP contribution in [0.1, 0.15) is 63.0 Å². The topological polar surface area (TPSA) is 54.0 Å². The Balaban J connectivity index is 1.49. The Bertz CT molecular complexity index is 836. The van der Waals surface area contributed by atoms with Gasteiger partial charge in [-0.2, -0.15) is 0 Å². The Labute approximate surface area is 204 Å². The maximum atomic E-state index is 12.4. The van der Waals surface area contributed by atoms with Crippen LogP contribution in [0.4, 0.5) is 0 Å². The third-order valence-corrected chi connectivity index (χ3v) is 5.85. The van der Waals surface area contributed by atoms with Crippen LogP contribution < -0.4 is 0 Å². The maximum absolute atomic E-state index is 12.4. The Kier molecular flexibility index (Phi) is 11.9. The first-order valence-electron chi connectivity index (χ1n) is 12.5. The van der Waals surface area contributed by atoms with E-state index in [4.69, 9.17) is 18.9 Å². The number of carbonyl (C=O) groups is 1. The van der Waals surface area contributed by atoms with Crippen LogP contribution in [0.2, 0.25) is 0 Å². The summed E-state index contributed by atoms with van der Waals surface area (Å²) >= 11 is 0. The van der Waals surface area contributed by atoms with Crippen molar-refractivity contribution in [1.82, 2.24) is 0 Å². The second-order valence-electron chi connectivity index (χ2n) is 8.76. The van der Waals surface area contributed by atoms with E-state index in [0.717, 1.165) is 36.8 Å². The van der Waals surface area contributed by atoms with Crippen LogP contribution in [0.3, 0.4) is 0 Å². The molecular weight excluding hydrogens is 428 g/mol. The summed E-state index contributed by atoms with van der Waals surface area (Å²) in [6.07, 6.45) is 9.66. The summed E-state index contributed by atoms with van der Waals surface area (Å²) < 4.78 is 23.4. The zero-order valence-electron chi connectivity index (χ0n) is 20.3. The van der Waals surface area contributed by atoms with Gasteiger partial charge in [-0.15, -0.1) is 0 Å². The van der Waals surface area contributed by atoms with Crippen molar-refractivity contribution in [3.05, 3.63) is 77.9 Å². The lowest BCUT2D eigenvalue weighted by molar-refractivity contribution is -0.162. The molecule has 0 saturated carbocycles. The molecule has 0 aliphatic carbocycles. The quantitative estimate of drug-likeness (QED) is 0.185. The number of unbranched alkanes of at least 4 members (excludes halogenated alkanes) is 3. The summed E-state index contributed by atoms with van der Waals surface area (Å²) in [5.74, 6) is -0.201. The Morgan fingerprint density at radius 3 is 2.53 bits per heavy atom. The molecule has 2 aromatic rings. The van der Waals surface area contributed by atoms with Crippen molar-refractivity contribution >= 4 is 12.0 Å². The smallest absolute Gasteiger partial charge is 0.308 e. The molecule has 0 unspecified atom stereocenters. The monoisotopic (exact) mass is 466 g/mol. The second kappa shape index (κ2) is 15.4. The highest BCUT2D eigenvalue weighted by atomic mass is 16.7. The van der Waals surface area contributed by atoms with Crippen molar-refractivity contribution in [1.29, 1.82) is 0 Å². The lowest BCUT2D eigenvalue weighted by atomic mass is 9.98. The van der Waals surface area contributed by atoms with E-state index >= 15 is 0 Å². The van der Waals surface area contributed by atoms with Crippen LogP contribution >= 0.6 is 0 Å². The molecule has 0 N–H and O–H groups in total. The minimum atomic E-state index is -0.235. The average Bonchev–Trinajstić information content (AvgIpc) is 2.86. The Hall–Kier alpha value is -2.47. The van der Waals surface area contributed by atoms with Crippen LogP contribution in [-0.4, -0.2) is 37.7 Å². The van der Waals surface area contributed by atoms with Crippen LogP contribution in [0.25, 0.3) is 6.08 Å². The van der Waals surface area contributed by atoms with Gasteiger partial charge in [0.05, 0.1) is 37.9 Å². The molecule has 1 fully saturated rings. The highest BCUT2D eigenvalue weighted by molar-refractivity contribution is 5.70. The predicted octanol–water partition coefficient (Wildman–Crippen LogP) is 6.32. The van der Waals surface area contributed by atoms with Gasteiger partial charge in [0, 0.05) is 12.8 Å². The number of hydrogen-bond acceptors (Lipinski definition) is 5. The second-order valence-corrected chi connectivity index (χ2v) is 8.76. The van der Waals surface area contributed by atoms with Gasteiger partial charge in [0.1, 0.15) is 6.79 Å². The van der Waals surface area contributed by atoms with Gasteiger partial charge in [0.2, 0.25) is 0 Å². The summed E-state index contributed by atoms with van der Waals surface area (Å²) in [5.41, 5.74) is 2.23. The van der Waals surface area contributed by atoms with Crippen LogP contribution in [-0.2, 0) is 30.3 Å². The summed E-state index contributed by atoms with van der Waals surface area (Å²) in [6.45, 7) is 3.37.